The molecule has 0 saturated carbocycles. The summed E-state index contributed by atoms with van der Waals surface area (Å²) in [5.74, 6) is 0.307. The Morgan fingerprint density at radius 2 is 1.15 bits per heavy atom. The molecule has 0 amide bonds. The second kappa shape index (κ2) is 8.97. The Bertz CT molecular complexity index is 2160. The molecule has 39 heavy (non-hydrogen) atoms. The minimum Gasteiger partial charge on any atom is -0.383 e. The summed E-state index contributed by atoms with van der Waals surface area (Å²) in [5.41, 5.74) is 4.61. The molecule has 0 aliphatic carbocycles. The Labute approximate surface area is 227 Å². The van der Waals surface area contributed by atoms with Gasteiger partial charge in [0, 0.05) is 0 Å². The summed E-state index contributed by atoms with van der Waals surface area (Å²) in [4.78, 5) is 0. The zero-order valence-electron chi connectivity index (χ0n) is 21.3. The molecule has 0 aliphatic rings. The van der Waals surface area contributed by atoms with Gasteiger partial charge >= 0.3 is 10.1 Å². The third-order valence-corrected chi connectivity index (χ3v) is 7.82. The van der Waals surface area contributed by atoms with Gasteiger partial charge in [-0.15, -0.1) is 0 Å². The first-order chi connectivity index (χ1) is 19.0. The first-order valence-corrected chi connectivity index (χ1v) is 14.6. The number of fused-ring (bicyclic) bond motifs is 6. The number of hydrogen-bond donors (Lipinski definition) is 0. The first kappa shape index (κ1) is 23.4. The summed E-state index contributed by atoms with van der Waals surface area (Å²) in [5, 5.41) is 9.00. The molecule has 0 aromatic heterocycles. The van der Waals surface area contributed by atoms with Gasteiger partial charge in [-0.2, -0.15) is 8.42 Å². The van der Waals surface area contributed by atoms with Gasteiger partial charge in [-0.05, 0) is 89.6 Å². The summed E-state index contributed by atoms with van der Waals surface area (Å²) in [6, 6.07) is 43.9. The first-order valence-electron chi connectivity index (χ1n) is 12.8. The van der Waals surface area contributed by atoms with Crippen molar-refractivity contribution in [2.24, 2.45) is 0 Å². The zero-order valence-corrected chi connectivity index (χ0v) is 22.1. The predicted octanol–water partition coefficient (Wildman–Crippen LogP) is 8.97. The molecule has 0 bridgehead atoms. The van der Waals surface area contributed by atoms with Crippen molar-refractivity contribution in [2.75, 3.05) is 6.26 Å². The fourth-order valence-corrected chi connectivity index (χ4v) is 6.22. The number of benzene rings is 7. The molecule has 0 saturated heterocycles. The highest BCUT2D eigenvalue weighted by Gasteiger charge is 2.20. The van der Waals surface area contributed by atoms with E-state index in [1.807, 2.05) is 18.2 Å². The van der Waals surface area contributed by atoms with Crippen LogP contribution in [0.25, 0.3) is 65.3 Å². The minimum atomic E-state index is -3.63. The molecule has 7 aromatic rings. The number of hydrogen-bond acceptors (Lipinski definition) is 3. The van der Waals surface area contributed by atoms with Crippen molar-refractivity contribution in [3.63, 3.8) is 0 Å². The normalized spacial score (nSPS) is 11.9. The fourth-order valence-electron chi connectivity index (χ4n) is 5.76. The van der Waals surface area contributed by atoms with Crippen LogP contribution in [0.4, 0.5) is 0 Å². The van der Waals surface area contributed by atoms with Crippen molar-refractivity contribution < 1.29 is 12.6 Å². The molecular formula is C35H24O3S. The topological polar surface area (TPSA) is 43.4 Å². The van der Waals surface area contributed by atoms with E-state index < -0.39 is 10.1 Å². The van der Waals surface area contributed by atoms with Gasteiger partial charge in [0.2, 0.25) is 0 Å². The van der Waals surface area contributed by atoms with Gasteiger partial charge in [-0.1, -0.05) is 103 Å². The van der Waals surface area contributed by atoms with E-state index in [0.29, 0.717) is 5.75 Å². The van der Waals surface area contributed by atoms with Crippen molar-refractivity contribution in [3.8, 4) is 28.0 Å². The molecule has 0 fully saturated rings. The van der Waals surface area contributed by atoms with E-state index in [4.69, 9.17) is 4.18 Å². The maximum Gasteiger partial charge on any atom is 0.306 e. The Kier molecular flexibility index (Phi) is 5.39. The van der Waals surface area contributed by atoms with Gasteiger partial charge in [-0.25, -0.2) is 0 Å². The van der Waals surface area contributed by atoms with Crippen molar-refractivity contribution >= 4 is 53.2 Å². The van der Waals surface area contributed by atoms with Crippen LogP contribution in [0.15, 0.2) is 127 Å². The van der Waals surface area contributed by atoms with Crippen LogP contribution in [0.5, 0.6) is 5.75 Å². The Balaban J connectivity index is 1.67. The lowest BCUT2D eigenvalue weighted by molar-refractivity contribution is 0.493. The van der Waals surface area contributed by atoms with Crippen LogP contribution in [0.3, 0.4) is 0 Å². The van der Waals surface area contributed by atoms with Crippen molar-refractivity contribution in [2.45, 2.75) is 0 Å². The zero-order chi connectivity index (χ0) is 26.6. The highest BCUT2D eigenvalue weighted by molar-refractivity contribution is 7.86. The maximum absolute atomic E-state index is 11.8. The lowest BCUT2D eigenvalue weighted by atomic mass is 9.83. The van der Waals surface area contributed by atoms with Gasteiger partial charge < -0.3 is 4.18 Å². The highest BCUT2D eigenvalue weighted by atomic mass is 32.2. The van der Waals surface area contributed by atoms with E-state index in [1.165, 1.54) is 27.1 Å². The van der Waals surface area contributed by atoms with Gasteiger partial charge in [0.05, 0.1) is 6.26 Å². The van der Waals surface area contributed by atoms with Crippen LogP contribution in [0.1, 0.15) is 0 Å². The average Bonchev–Trinajstić information content (AvgIpc) is 2.95. The lowest BCUT2D eigenvalue weighted by Crippen LogP contribution is -2.05. The predicted molar refractivity (Wildman–Crippen MR) is 163 cm³/mol. The largest absolute Gasteiger partial charge is 0.383 e. The molecule has 4 heteroatoms. The molecule has 3 nitrogen and oxygen atoms in total. The SMILES string of the molecule is CS(=O)(=O)Oc1ccc2c(ccc3c4ccccc4c(-c4ccc5ccccc5c4)c(-c4ccccc4)c23)c1. The molecule has 0 unspecified atom stereocenters. The molecule has 0 N–H and O–H groups in total. The van der Waals surface area contributed by atoms with Crippen LogP contribution in [-0.4, -0.2) is 14.7 Å². The second-order valence-corrected chi connectivity index (χ2v) is 11.5. The van der Waals surface area contributed by atoms with Crippen molar-refractivity contribution in [1.29, 1.82) is 0 Å². The van der Waals surface area contributed by atoms with E-state index in [2.05, 4.69) is 97.1 Å². The molecule has 0 spiro atoms. The van der Waals surface area contributed by atoms with Crippen LogP contribution >= 0.6 is 0 Å². The van der Waals surface area contributed by atoms with Gasteiger partial charge in [-0.3, -0.25) is 0 Å². The molecule has 7 aromatic carbocycles. The monoisotopic (exact) mass is 524 g/mol. The molecule has 0 radical (unpaired) electrons. The molecule has 0 atom stereocenters. The summed E-state index contributed by atoms with van der Waals surface area (Å²) in [7, 11) is -3.63. The average molecular weight is 525 g/mol. The molecule has 0 heterocycles. The van der Waals surface area contributed by atoms with Crippen LogP contribution in [-0.2, 0) is 10.1 Å². The lowest BCUT2D eigenvalue weighted by Gasteiger charge is -2.20. The molecule has 188 valence electrons. The van der Waals surface area contributed by atoms with Crippen LogP contribution in [0.2, 0.25) is 0 Å². The Hall–Kier alpha value is -4.67. The van der Waals surface area contributed by atoms with Gasteiger partial charge in [0.15, 0.2) is 0 Å². The van der Waals surface area contributed by atoms with Gasteiger partial charge in [0.1, 0.15) is 5.75 Å². The fraction of sp³-hybridized carbons (Fsp3) is 0.0286. The van der Waals surface area contributed by atoms with E-state index in [0.717, 1.165) is 44.5 Å². The summed E-state index contributed by atoms with van der Waals surface area (Å²) < 4.78 is 28.8. The van der Waals surface area contributed by atoms with Crippen LogP contribution < -0.4 is 4.18 Å². The smallest absolute Gasteiger partial charge is 0.306 e. The third-order valence-electron chi connectivity index (χ3n) is 7.33. The van der Waals surface area contributed by atoms with E-state index >= 15 is 0 Å². The molecular weight excluding hydrogens is 500 g/mol. The van der Waals surface area contributed by atoms with E-state index in [-0.39, 0.29) is 0 Å². The summed E-state index contributed by atoms with van der Waals surface area (Å²) >= 11 is 0. The molecule has 0 aliphatic heterocycles. The third kappa shape index (κ3) is 4.10. The highest BCUT2D eigenvalue weighted by Crippen LogP contribution is 2.47. The Morgan fingerprint density at radius 1 is 0.487 bits per heavy atom. The van der Waals surface area contributed by atoms with Crippen molar-refractivity contribution in [1.82, 2.24) is 0 Å². The van der Waals surface area contributed by atoms with Crippen molar-refractivity contribution in [3.05, 3.63) is 127 Å². The summed E-state index contributed by atoms with van der Waals surface area (Å²) in [6.07, 6.45) is 1.06. The van der Waals surface area contributed by atoms with E-state index in [9.17, 15) is 8.42 Å². The van der Waals surface area contributed by atoms with E-state index in [1.54, 1.807) is 12.1 Å². The molecule has 7 rings (SSSR count). The minimum absolute atomic E-state index is 0.307. The maximum atomic E-state index is 11.8. The Morgan fingerprint density at radius 3 is 1.95 bits per heavy atom. The second-order valence-electron chi connectivity index (χ2n) is 9.88. The standard InChI is InChI=1S/C35H24O3S/c1-39(36,37)38-28-18-20-29-26(22-28)17-19-32-30-13-7-8-14-31(30)33(34(35(29)32)24-10-3-2-4-11-24)27-16-15-23-9-5-6-12-25(23)21-27/h2-22H,1H3. The number of rotatable bonds is 4. The van der Waals surface area contributed by atoms with Gasteiger partial charge in [0.25, 0.3) is 0 Å². The summed E-state index contributed by atoms with van der Waals surface area (Å²) in [6.45, 7) is 0. The quantitative estimate of drug-likeness (QED) is 0.170. The van der Waals surface area contributed by atoms with Crippen LogP contribution in [0, 0.1) is 0 Å².